The van der Waals surface area contributed by atoms with Crippen LogP contribution in [0.1, 0.15) is 31.7 Å². The summed E-state index contributed by atoms with van der Waals surface area (Å²) in [7, 11) is -2.38. The predicted molar refractivity (Wildman–Crippen MR) is 109 cm³/mol. The van der Waals surface area contributed by atoms with Crippen LogP contribution in [0, 0.1) is 12.8 Å². The van der Waals surface area contributed by atoms with E-state index >= 15 is 0 Å². The number of methoxy groups -OCH3 is 1. The SMILES string of the molecule is CC[C@@H](C(=O)N1CCC(C(=O)OC)CC1)N(c1cc(Cl)ccc1C)S(C)(=O)=O. The van der Waals surface area contributed by atoms with Crippen molar-refractivity contribution in [3.05, 3.63) is 28.8 Å². The number of sulfonamides is 1. The van der Waals surface area contributed by atoms with Crippen LogP contribution in [0.5, 0.6) is 0 Å². The molecule has 0 aromatic heterocycles. The Balaban J connectivity index is 2.31. The van der Waals surface area contributed by atoms with Crippen LogP contribution >= 0.6 is 11.6 Å². The molecule has 1 amide bonds. The largest absolute Gasteiger partial charge is 0.469 e. The maximum atomic E-state index is 13.2. The van der Waals surface area contributed by atoms with Crippen molar-refractivity contribution in [2.24, 2.45) is 5.92 Å². The molecule has 1 aromatic rings. The van der Waals surface area contributed by atoms with Gasteiger partial charge in [0.1, 0.15) is 6.04 Å². The summed E-state index contributed by atoms with van der Waals surface area (Å²) in [6, 6.07) is 4.11. The third-order valence-corrected chi connectivity index (χ3v) is 6.46. The van der Waals surface area contributed by atoms with Crippen LogP contribution in [0.2, 0.25) is 5.02 Å². The lowest BCUT2D eigenvalue weighted by atomic mass is 9.96. The number of amides is 1. The Labute approximate surface area is 171 Å². The van der Waals surface area contributed by atoms with Gasteiger partial charge in [-0.05, 0) is 43.9 Å². The number of halogens is 1. The molecule has 1 aromatic carbocycles. The number of benzene rings is 1. The van der Waals surface area contributed by atoms with E-state index in [1.807, 2.05) is 0 Å². The van der Waals surface area contributed by atoms with E-state index in [1.54, 1.807) is 36.9 Å². The maximum Gasteiger partial charge on any atom is 0.308 e. The first kappa shape index (κ1) is 22.5. The summed E-state index contributed by atoms with van der Waals surface area (Å²) in [5, 5.41) is 0.399. The lowest BCUT2D eigenvalue weighted by Gasteiger charge is -2.37. The minimum Gasteiger partial charge on any atom is -0.469 e. The first-order valence-corrected chi connectivity index (χ1v) is 11.4. The van der Waals surface area contributed by atoms with E-state index in [1.165, 1.54) is 11.4 Å². The van der Waals surface area contributed by atoms with E-state index in [0.29, 0.717) is 48.6 Å². The van der Waals surface area contributed by atoms with Crippen LogP contribution in [-0.4, -0.2) is 57.7 Å². The average Bonchev–Trinajstić information content (AvgIpc) is 2.66. The highest BCUT2D eigenvalue weighted by Crippen LogP contribution is 2.30. The van der Waals surface area contributed by atoms with Crippen LogP contribution in [-0.2, 0) is 24.3 Å². The quantitative estimate of drug-likeness (QED) is 0.647. The van der Waals surface area contributed by atoms with E-state index in [4.69, 9.17) is 16.3 Å². The van der Waals surface area contributed by atoms with Gasteiger partial charge >= 0.3 is 5.97 Å². The van der Waals surface area contributed by atoms with Crippen LogP contribution < -0.4 is 4.31 Å². The van der Waals surface area contributed by atoms with Gasteiger partial charge in [-0.1, -0.05) is 24.6 Å². The Morgan fingerprint density at radius 3 is 2.43 bits per heavy atom. The molecule has 7 nitrogen and oxygen atoms in total. The van der Waals surface area contributed by atoms with E-state index in [9.17, 15) is 18.0 Å². The number of hydrogen-bond donors (Lipinski definition) is 0. The second-order valence-corrected chi connectivity index (χ2v) is 9.33. The number of piperidine rings is 1. The number of hydrogen-bond acceptors (Lipinski definition) is 5. The molecular weight excluding hydrogens is 404 g/mol. The topological polar surface area (TPSA) is 84.0 Å². The summed E-state index contributed by atoms with van der Waals surface area (Å²) in [5.41, 5.74) is 1.12. The number of likely N-dealkylation sites (tertiary alicyclic amines) is 1. The van der Waals surface area contributed by atoms with Crippen molar-refractivity contribution >= 4 is 39.2 Å². The van der Waals surface area contributed by atoms with Crippen molar-refractivity contribution in [3.8, 4) is 0 Å². The molecule has 0 radical (unpaired) electrons. The standard InChI is InChI=1S/C19H27ClN2O5S/c1-5-16(18(23)21-10-8-14(9-11-21)19(24)27-3)22(28(4,25)26)17-12-15(20)7-6-13(17)2/h6-7,12,14,16H,5,8-11H2,1-4H3/t16-/m0/s1. The van der Waals surface area contributed by atoms with Gasteiger partial charge in [0, 0.05) is 18.1 Å². The molecule has 9 heteroatoms. The lowest BCUT2D eigenvalue weighted by Crippen LogP contribution is -2.53. The molecule has 0 saturated carbocycles. The minimum atomic E-state index is -3.73. The fraction of sp³-hybridized carbons (Fsp3) is 0.579. The zero-order valence-corrected chi connectivity index (χ0v) is 18.2. The van der Waals surface area contributed by atoms with Crippen molar-refractivity contribution < 1.29 is 22.7 Å². The summed E-state index contributed by atoms with van der Waals surface area (Å²) < 4.78 is 31.2. The molecule has 0 N–H and O–H groups in total. The number of ether oxygens (including phenoxy) is 1. The molecule has 1 fully saturated rings. The monoisotopic (exact) mass is 430 g/mol. The van der Waals surface area contributed by atoms with E-state index in [0.717, 1.165) is 6.26 Å². The number of carbonyl (C=O) groups is 2. The van der Waals surface area contributed by atoms with Gasteiger partial charge in [0.05, 0.1) is 25.0 Å². The molecule has 1 aliphatic rings. The number of anilines is 1. The molecule has 1 aliphatic heterocycles. The molecule has 28 heavy (non-hydrogen) atoms. The number of aryl methyl sites for hydroxylation is 1. The maximum absolute atomic E-state index is 13.2. The van der Waals surface area contributed by atoms with E-state index in [-0.39, 0.29) is 17.8 Å². The molecule has 0 aliphatic carbocycles. The third-order valence-electron chi connectivity index (χ3n) is 5.06. The van der Waals surface area contributed by atoms with Gasteiger partial charge in [-0.25, -0.2) is 8.42 Å². The minimum absolute atomic E-state index is 0.227. The highest BCUT2D eigenvalue weighted by Gasteiger charge is 2.37. The van der Waals surface area contributed by atoms with E-state index < -0.39 is 16.1 Å². The number of nitrogens with zero attached hydrogens (tertiary/aromatic N) is 2. The molecule has 2 rings (SSSR count). The molecular formula is C19H27ClN2O5S. The Kier molecular flexibility index (Phi) is 7.33. The third kappa shape index (κ3) is 4.97. The Morgan fingerprint density at radius 1 is 1.32 bits per heavy atom. The summed E-state index contributed by atoms with van der Waals surface area (Å²) in [5.74, 6) is -0.766. The van der Waals surface area contributed by atoms with Crippen molar-refractivity contribution in [3.63, 3.8) is 0 Å². The molecule has 156 valence electrons. The second-order valence-electron chi connectivity index (χ2n) is 7.04. The molecule has 0 unspecified atom stereocenters. The van der Waals surface area contributed by atoms with Crippen molar-refractivity contribution in [2.45, 2.75) is 39.2 Å². The number of carbonyl (C=O) groups excluding carboxylic acids is 2. The molecule has 0 spiro atoms. The Morgan fingerprint density at radius 2 is 1.93 bits per heavy atom. The summed E-state index contributed by atoms with van der Waals surface area (Å²) in [6.45, 7) is 4.34. The highest BCUT2D eigenvalue weighted by molar-refractivity contribution is 7.92. The summed E-state index contributed by atoms with van der Waals surface area (Å²) >= 11 is 6.09. The van der Waals surface area contributed by atoms with Gasteiger partial charge in [-0.15, -0.1) is 0 Å². The van der Waals surface area contributed by atoms with Gasteiger partial charge in [0.25, 0.3) is 0 Å². The average molecular weight is 431 g/mol. The van der Waals surface area contributed by atoms with Gasteiger partial charge in [-0.2, -0.15) is 0 Å². The number of esters is 1. The fourth-order valence-electron chi connectivity index (χ4n) is 3.55. The molecule has 1 atom stereocenters. The smallest absolute Gasteiger partial charge is 0.308 e. The molecule has 1 saturated heterocycles. The zero-order valence-electron chi connectivity index (χ0n) is 16.6. The highest BCUT2D eigenvalue weighted by atomic mass is 35.5. The van der Waals surface area contributed by atoms with Gasteiger partial charge in [0.2, 0.25) is 15.9 Å². The first-order valence-electron chi connectivity index (χ1n) is 9.22. The van der Waals surface area contributed by atoms with Gasteiger partial charge < -0.3 is 9.64 Å². The number of rotatable bonds is 6. The molecule has 0 bridgehead atoms. The van der Waals surface area contributed by atoms with Crippen LogP contribution in [0.25, 0.3) is 0 Å². The van der Waals surface area contributed by atoms with Crippen molar-refractivity contribution in [1.29, 1.82) is 0 Å². The van der Waals surface area contributed by atoms with Crippen LogP contribution in [0.3, 0.4) is 0 Å². The predicted octanol–water partition coefficient (Wildman–Crippen LogP) is 2.60. The van der Waals surface area contributed by atoms with Crippen LogP contribution in [0.15, 0.2) is 18.2 Å². The molecule has 1 heterocycles. The summed E-state index contributed by atoms with van der Waals surface area (Å²) in [4.78, 5) is 26.5. The fourth-order valence-corrected chi connectivity index (χ4v) is 4.97. The second kappa shape index (κ2) is 9.13. The Hall–Kier alpha value is -1.80. The Bertz CT molecular complexity index is 835. The first-order chi connectivity index (χ1) is 13.1. The van der Waals surface area contributed by atoms with E-state index in [2.05, 4.69) is 0 Å². The van der Waals surface area contributed by atoms with Crippen LogP contribution in [0.4, 0.5) is 5.69 Å². The summed E-state index contributed by atoms with van der Waals surface area (Å²) in [6.07, 6.45) is 2.41. The normalized spacial score (nSPS) is 16.5. The zero-order chi connectivity index (χ0) is 21.1. The van der Waals surface area contributed by atoms with Crippen molar-refractivity contribution in [2.75, 3.05) is 30.8 Å². The van der Waals surface area contributed by atoms with Gasteiger partial charge in [-0.3, -0.25) is 13.9 Å². The van der Waals surface area contributed by atoms with Crippen molar-refractivity contribution in [1.82, 2.24) is 4.90 Å². The lowest BCUT2D eigenvalue weighted by molar-refractivity contribution is -0.149. The van der Waals surface area contributed by atoms with Gasteiger partial charge in [0.15, 0.2) is 0 Å².